The van der Waals surface area contributed by atoms with Gasteiger partial charge >= 0.3 is 5.97 Å². The maximum atomic E-state index is 13.4. The first-order valence-corrected chi connectivity index (χ1v) is 6.62. The van der Waals surface area contributed by atoms with E-state index in [4.69, 9.17) is 4.74 Å². The van der Waals surface area contributed by atoms with Crippen LogP contribution in [0, 0.1) is 5.41 Å². The number of carbonyl (C=O) groups is 2. The lowest BCUT2D eigenvalue weighted by Crippen LogP contribution is -2.45. The standard InChI is InChI=1S/C14H11BrF2O3/c1-2-5-20-13(19)14(12(16)17)7-8-3-4-9(15)6-10(8)11(14)18/h2-4,6,12H,1,5,7H2. The summed E-state index contributed by atoms with van der Waals surface area (Å²) < 4.78 is 32.2. The highest BCUT2D eigenvalue weighted by Gasteiger charge is 2.59. The van der Waals surface area contributed by atoms with Crippen LogP contribution in [-0.4, -0.2) is 24.8 Å². The van der Waals surface area contributed by atoms with E-state index >= 15 is 0 Å². The molecule has 1 aromatic rings. The minimum atomic E-state index is -3.13. The minimum absolute atomic E-state index is 0.134. The summed E-state index contributed by atoms with van der Waals surface area (Å²) in [6.45, 7) is 3.13. The topological polar surface area (TPSA) is 43.4 Å². The van der Waals surface area contributed by atoms with E-state index in [1.165, 1.54) is 12.1 Å². The first-order chi connectivity index (χ1) is 9.43. The molecule has 0 saturated heterocycles. The number of alkyl halides is 2. The summed E-state index contributed by atoms with van der Waals surface area (Å²) in [6, 6.07) is 4.65. The van der Waals surface area contributed by atoms with E-state index in [-0.39, 0.29) is 18.6 Å². The molecule has 0 bridgehead atoms. The van der Waals surface area contributed by atoms with E-state index in [0.29, 0.717) is 10.0 Å². The van der Waals surface area contributed by atoms with Crippen LogP contribution in [0.3, 0.4) is 0 Å². The molecule has 0 N–H and O–H groups in total. The van der Waals surface area contributed by atoms with Crippen molar-refractivity contribution in [3.05, 3.63) is 46.5 Å². The number of benzene rings is 1. The van der Waals surface area contributed by atoms with Crippen molar-refractivity contribution < 1.29 is 23.1 Å². The van der Waals surface area contributed by atoms with Crippen molar-refractivity contribution in [2.24, 2.45) is 5.41 Å². The Bertz CT molecular complexity index is 586. The normalized spacial score (nSPS) is 20.9. The highest BCUT2D eigenvalue weighted by molar-refractivity contribution is 9.10. The molecule has 0 amide bonds. The third kappa shape index (κ3) is 2.18. The van der Waals surface area contributed by atoms with Crippen LogP contribution in [0.25, 0.3) is 0 Å². The molecule has 2 rings (SSSR count). The Balaban J connectivity index is 2.45. The first-order valence-electron chi connectivity index (χ1n) is 5.83. The zero-order chi connectivity index (χ0) is 14.9. The van der Waals surface area contributed by atoms with Crippen molar-refractivity contribution in [3.8, 4) is 0 Å². The maximum absolute atomic E-state index is 13.4. The smallest absolute Gasteiger partial charge is 0.326 e. The van der Waals surface area contributed by atoms with Crippen LogP contribution in [0.2, 0.25) is 0 Å². The zero-order valence-corrected chi connectivity index (χ0v) is 12.0. The molecule has 0 heterocycles. The van der Waals surface area contributed by atoms with Crippen LogP contribution in [0.1, 0.15) is 15.9 Å². The van der Waals surface area contributed by atoms with Crippen LogP contribution in [0.4, 0.5) is 8.78 Å². The molecular formula is C14H11BrF2O3. The minimum Gasteiger partial charge on any atom is -0.461 e. The number of fused-ring (bicyclic) bond motifs is 1. The summed E-state index contributed by atoms with van der Waals surface area (Å²) >= 11 is 3.18. The summed E-state index contributed by atoms with van der Waals surface area (Å²) in [7, 11) is 0. The Morgan fingerprint density at radius 1 is 1.55 bits per heavy atom. The number of esters is 1. The maximum Gasteiger partial charge on any atom is 0.326 e. The lowest BCUT2D eigenvalue weighted by molar-refractivity contribution is -0.159. The average Bonchev–Trinajstić information content (AvgIpc) is 2.70. The fourth-order valence-electron chi connectivity index (χ4n) is 2.23. The Kier molecular flexibility index (Phi) is 4.04. The number of Topliss-reactive ketones (excluding diaryl/α,β-unsaturated/α-hetero) is 1. The quantitative estimate of drug-likeness (QED) is 0.478. The fourth-order valence-corrected chi connectivity index (χ4v) is 2.59. The second-order valence-corrected chi connectivity index (χ2v) is 5.38. The molecule has 0 spiro atoms. The van der Waals surface area contributed by atoms with Gasteiger partial charge in [-0.05, 0) is 17.7 Å². The monoisotopic (exact) mass is 344 g/mol. The fraction of sp³-hybridized carbons (Fsp3) is 0.286. The van der Waals surface area contributed by atoms with Crippen molar-refractivity contribution in [2.75, 3.05) is 6.61 Å². The van der Waals surface area contributed by atoms with Gasteiger partial charge in [0.15, 0.2) is 11.2 Å². The van der Waals surface area contributed by atoms with Gasteiger partial charge in [-0.15, -0.1) is 0 Å². The summed E-state index contributed by atoms with van der Waals surface area (Å²) in [6.07, 6.45) is -2.21. The SMILES string of the molecule is C=CCOC(=O)C1(C(F)F)Cc2ccc(Br)cc2C1=O. The molecule has 0 aliphatic heterocycles. The molecule has 1 aliphatic rings. The largest absolute Gasteiger partial charge is 0.461 e. The number of rotatable bonds is 4. The van der Waals surface area contributed by atoms with Gasteiger partial charge in [0.2, 0.25) is 0 Å². The molecule has 1 unspecified atom stereocenters. The lowest BCUT2D eigenvalue weighted by atomic mass is 9.84. The van der Waals surface area contributed by atoms with Gasteiger partial charge in [0.1, 0.15) is 6.61 Å². The Morgan fingerprint density at radius 3 is 2.85 bits per heavy atom. The van der Waals surface area contributed by atoms with Gasteiger partial charge in [0, 0.05) is 16.5 Å². The molecule has 6 heteroatoms. The Labute approximate surface area is 122 Å². The van der Waals surface area contributed by atoms with E-state index in [9.17, 15) is 18.4 Å². The van der Waals surface area contributed by atoms with Crippen molar-refractivity contribution in [1.29, 1.82) is 0 Å². The lowest BCUT2D eigenvalue weighted by Gasteiger charge is -2.23. The Hall–Kier alpha value is -1.56. The van der Waals surface area contributed by atoms with Crippen LogP contribution in [0.5, 0.6) is 0 Å². The summed E-state index contributed by atoms with van der Waals surface area (Å²) in [4.78, 5) is 24.2. The van der Waals surface area contributed by atoms with Crippen molar-refractivity contribution in [2.45, 2.75) is 12.8 Å². The van der Waals surface area contributed by atoms with E-state index < -0.39 is 23.6 Å². The number of hydrogen-bond acceptors (Lipinski definition) is 3. The molecule has 0 fully saturated rings. The predicted octanol–water partition coefficient (Wildman–Crippen LogP) is 3.17. The summed E-state index contributed by atoms with van der Waals surface area (Å²) in [5, 5.41) is 0. The van der Waals surface area contributed by atoms with Crippen LogP contribution >= 0.6 is 15.9 Å². The summed E-state index contributed by atoms with van der Waals surface area (Å²) in [5.41, 5.74) is -1.88. The van der Waals surface area contributed by atoms with Crippen LogP contribution in [0.15, 0.2) is 35.3 Å². The number of ether oxygens (including phenoxy) is 1. The third-order valence-corrected chi connectivity index (χ3v) is 3.75. The highest BCUT2D eigenvalue weighted by Crippen LogP contribution is 2.43. The molecule has 0 aromatic heterocycles. The van der Waals surface area contributed by atoms with E-state index in [2.05, 4.69) is 22.5 Å². The van der Waals surface area contributed by atoms with Gasteiger partial charge in [-0.3, -0.25) is 9.59 Å². The van der Waals surface area contributed by atoms with Gasteiger partial charge in [0.05, 0.1) is 0 Å². The predicted molar refractivity (Wildman–Crippen MR) is 71.8 cm³/mol. The van der Waals surface area contributed by atoms with Crippen LogP contribution < -0.4 is 0 Å². The van der Waals surface area contributed by atoms with Crippen molar-refractivity contribution in [1.82, 2.24) is 0 Å². The van der Waals surface area contributed by atoms with E-state index in [1.54, 1.807) is 12.1 Å². The summed E-state index contributed by atoms with van der Waals surface area (Å²) in [5.74, 6) is -2.09. The van der Waals surface area contributed by atoms with Gasteiger partial charge in [-0.25, -0.2) is 8.78 Å². The zero-order valence-electron chi connectivity index (χ0n) is 10.4. The van der Waals surface area contributed by atoms with Crippen LogP contribution in [-0.2, 0) is 16.0 Å². The molecular weight excluding hydrogens is 334 g/mol. The molecule has 106 valence electrons. The number of carbonyl (C=O) groups excluding carboxylic acids is 2. The molecule has 1 atom stereocenters. The molecule has 3 nitrogen and oxygen atoms in total. The van der Waals surface area contributed by atoms with Crippen molar-refractivity contribution in [3.63, 3.8) is 0 Å². The molecule has 0 radical (unpaired) electrons. The Morgan fingerprint density at radius 2 is 2.25 bits per heavy atom. The van der Waals surface area contributed by atoms with Gasteiger partial charge in [-0.1, -0.05) is 34.7 Å². The first kappa shape index (κ1) is 14.8. The molecule has 1 aromatic carbocycles. The second-order valence-electron chi connectivity index (χ2n) is 4.47. The van der Waals surface area contributed by atoms with Gasteiger partial charge < -0.3 is 4.74 Å². The molecule has 1 aliphatic carbocycles. The van der Waals surface area contributed by atoms with E-state index in [1.807, 2.05) is 0 Å². The number of halogens is 3. The molecule has 20 heavy (non-hydrogen) atoms. The highest BCUT2D eigenvalue weighted by atomic mass is 79.9. The third-order valence-electron chi connectivity index (χ3n) is 3.26. The number of hydrogen-bond donors (Lipinski definition) is 0. The average molecular weight is 345 g/mol. The van der Waals surface area contributed by atoms with Gasteiger partial charge in [0.25, 0.3) is 6.43 Å². The second kappa shape index (κ2) is 5.44. The van der Waals surface area contributed by atoms with Gasteiger partial charge in [-0.2, -0.15) is 0 Å². The molecule has 0 saturated carbocycles. The number of ketones is 1. The van der Waals surface area contributed by atoms with Crippen molar-refractivity contribution >= 4 is 27.7 Å². The van der Waals surface area contributed by atoms with E-state index in [0.717, 1.165) is 0 Å².